The van der Waals surface area contributed by atoms with E-state index in [0.29, 0.717) is 11.1 Å². The van der Waals surface area contributed by atoms with Gasteiger partial charge in [0, 0.05) is 11.1 Å². The number of hydrogen-bond donors (Lipinski definition) is 2. The molecule has 2 aromatic carbocycles. The van der Waals surface area contributed by atoms with Gasteiger partial charge in [0.2, 0.25) is 0 Å². The third-order valence-corrected chi connectivity index (χ3v) is 2.73. The molecule has 0 bridgehead atoms. The Bertz CT molecular complexity index is 612. The molecule has 96 valence electrons. The fourth-order valence-corrected chi connectivity index (χ4v) is 1.63. The van der Waals surface area contributed by atoms with Crippen LogP contribution in [0.15, 0.2) is 53.6 Å². The van der Waals surface area contributed by atoms with Gasteiger partial charge in [-0.1, -0.05) is 35.9 Å². The lowest BCUT2D eigenvalue weighted by molar-refractivity contribution is 0.0955. The van der Waals surface area contributed by atoms with Crippen molar-refractivity contribution in [3.05, 3.63) is 64.7 Å². The summed E-state index contributed by atoms with van der Waals surface area (Å²) in [5, 5.41) is 13.7. The van der Waals surface area contributed by atoms with Crippen molar-refractivity contribution in [3.8, 4) is 5.75 Å². The molecule has 2 aromatic rings. The number of nitrogens with one attached hydrogen (secondary N) is 1. The monoisotopic (exact) mass is 274 g/mol. The van der Waals surface area contributed by atoms with Crippen molar-refractivity contribution < 1.29 is 9.90 Å². The first-order valence-corrected chi connectivity index (χ1v) is 5.92. The van der Waals surface area contributed by atoms with Crippen molar-refractivity contribution in [2.45, 2.75) is 0 Å². The first-order chi connectivity index (χ1) is 9.18. The number of carbonyl (C=O) groups excluding carboxylic acids is 1. The van der Waals surface area contributed by atoms with E-state index in [1.165, 1.54) is 6.21 Å². The Morgan fingerprint density at radius 1 is 1.16 bits per heavy atom. The summed E-state index contributed by atoms with van der Waals surface area (Å²) >= 11 is 5.75. The van der Waals surface area contributed by atoms with Gasteiger partial charge in [-0.2, -0.15) is 5.10 Å². The Kier molecular flexibility index (Phi) is 4.15. The highest BCUT2D eigenvalue weighted by atomic mass is 35.5. The Morgan fingerprint density at radius 3 is 2.63 bits per heavy atom. The molecule has 0 aromatic heterocycles. The van der Waals surface area contributed by atoms with Gasteiger partial charge in [-0.25, -0.2) is 5.43 Å². The molecule has 0 unspecified atom stereocenters. The van der Waals surface area contributed by atoms with Gasteiger partial charge in [0.25, 0.3) is 5.91 Å². The average Bonchev–Trinajstić information content (AvgIpc) is 2.44. The summed E-state index contributed by atoms with van der Waals surface area (Å²) in [5.74, 6) is -0.389. The first kappa shape index (κ1) is 13.1. The highest BCUT2D eigenvalue weighted by molar-refractivity contribution is 6.32. The summed E-state index contributed by atoms with van der Waals surface area (Å²) in [6.07, 6.45) is 1.34. The van der Waals surface area contributed by atoms with Crippen molar-refractivity contribution in [2.75, 3.05) is 0 Å². The van der Waals surface area contributed by atoms with Crippen LogP contribution in [0.2, 0.25) is 5.02 Å². The van der Waals surface area contributed by atoms with Gasteiger partial charge in [0.15, 0.2) is 0 Å². The molecule has 0 heterocycles. The van der Waals surface area contributed by atoms with Gasteiger partial charge in [0.05, 0.1) is 11.2 Å². The zero-order chi connectivity index (χ0) is 13.7. The third-order valence-electron chi connectivity index (χ3n) is 2.42. The van der Waals surface area contributed by atoms with Crippen LogP contribution in [0.3, 0.4) is 0 Å². The molecule has 0 radical (unpaired) electrons. The predicted molar refractivity (Wildman–Crippen MR) is 74.6 cm³/mol. The maximum Gasteiger partial charge on any atom is 0.271 e. The normalized spacial score (nSPS) is 10.6. The second-order valence-corrected chi connectivity index (χ2v) is 4.15. The highest BCUT2D eigenvalue weighted by Crippen LogP contribution is 2.25. The van der Waals surface area contributed by atoms with Crippen LogP contribution in [-0.2, 0) is 0 Å². The van der Waals surface area contributed by atoms with Crippen molar-refractivity contribution in [2.24, 2.45) is 5.10 Å². The van der Waals surface area contributed by atoms with E-state index in [4.69, 9.17) is 11.6 Å². The van der Waals surface area contributed by atoms with Crippen LogP contribution in [0, 0.1) is 0 Å². The van der Waals surface area contributed by atoms with E-state index in [0.717, 1.165) is 0 Å². The van der Waals surface area contributed by atoms with E-state index in [9.17, 15) is 9.90 Å². The number of nitrogens with zero attached hydrogens (tertiary/aromatic N) is 1. The summed E-state index contributed by atoms with van der Waals surface area (Å²) in [7, 11) is 0. The molecule has 1 amide bonds. The Labute approximate surface area is 115 Å². The molecule has 0 atom stereocenters. The molecular weight excluding hydrogens is 264 g/mol. The standard InChI is InChI=1S/C14H11ClN2O2/c15-12-8-4-7-11(13(12)18)9-16-17-14(19)10-5-2-1-3-6-10/h1-9,18H,(H,17,19). The molecular formula is C14H11ClN2O2. The van der Waals surface area contributed by atoms with Gasteiger partial charge in [-0.3, -0.25) is 4.79 Å². The predicted octanol–water partition coefficient (Wildman–Crippen LogP) is 2.81. The maximum atomic E-state index is 11.7. The van der Waals surface area contributed by atoms with Gasteiger partial charge >= 0.3 is 0 Å². The van der Waals surface area contributed by atoms with Crippen LogP contribution in [0.25, 0.3) is 0 Å². The van der Waals surface area contributed by atoms with Crippen LogP contribution in [0.4, 0.5) is 0 Å². The molecule has 0 aliphatic heterocycles. The zero-order valence-electron chi connectivity index (χ0n) is 9.88. The van der Waals surface area contributed by atoms with Crippen LogP contribution >= 0.6 is 11.6 Å². The molecule has 2 N–H and O–H groups in total. The minimum atomic E-state index is -0.321. The quantitative estimate of drug-likeness (QED) is 0.668. The fraction of sp³-hybridized carbons (Fsp3) is 0. The van der Waals surface area contributed by atoms with Crippen LogP contribution in [0.1, 0.15) is 15.9 Å². The second kappa shape index (κ2) is 6.02. The minimum Gasteiger partial charge on any atom is -0.506 e. The van der Waals surface area contributed by atoms with Gasteiger partial charge < -0.3 is 5.11 Å². The van der Waals surface area contributed by atoms with Crippen molar-refractivity contribution in [1.82, 2.24) is 5.43 Å². The van der Waals surface area contributed by atoms with Crippen molar-refractivity contribution in [1.29, 1.82) is 0 Å². The number of hydrogen-bond acceptors (Lipinski definition) is 3. The molecule has 0 saturated carbocycles. The van der Waals surface area contributed by atoms with Gasteiger partial charge in [0.1, 0.15) is 5.75 Å². The van der Waals surface area contributed by atoms with Crippen LogP contribution in [-0.4, -0.2) is 17.2 Å². The average molecular weight is 275 g/mol. The smallest absolute Gasteiger partial charge is 0.271 e. The summed E-state index contributed by atoms with van der Waals surface area (Å²) in [5.41, 5.74) is 3.31. The first-order valence-electron chi connectivity index (χ1n) is 5.54. The van der Waals surface area contributed by atoms with Gasteiger partial charge in [-0.15, -0.1) is 0 Å². The lowest BCUT2D eigenvalue weighted by Gasteiger charge is -2.01. The second-order valence-electron chi connectivity index (χ2n) is 3.74. The van der Waals surface area contributed by atoms with E-state index in [2.05, 4.69) is 10.5 Å². The molecule has 19 heavy (non-hydrogen) atoms. The molecule has 0 saturated heterocycles. The Morgan fingerprint density at radius 2 is 1.89 bits per heavy atom. The SMILES string of the molecule is O=C(NN=Cc1cccc(Cl)c1O)c1ccccc1. The number of hydrazone groups is 1. The summed E-state index contributed by atoms with van der Waals surface area (Å²) in [4.78, 5) is 11.7. The largest absolute Gasteiger partial charge is 0.506 e. The maximum absolute atomic E-state index is 11.7. The summed E-state index contributed by atoms with van der Waals surface area (Å²) in [6.45, 7) is 0. The molecule has 0 aliphatic carbocycles. The van der Waals surface area contributed by atoms with Crippen LogP contribution < -0.4 is 5.43 Å². The fourth-order valence-electron chi connectivity index (χ4n) is 1.45. The molecule has 4 nitrogen and oxygen atoms in total. The third kappa shape index (κ3) is 3.33. The highest BCUT2D eigenvalue weighted by Gasteiger charge is 2.04. The number of aromatic hydroxyl groups is 1. The van der Waals surface area contributed by atoms with Crippen molar-refractivity contribution in [3.63, 3.8) is 0 Å². The molecule has 2 rings (SSSR count). The Hall–Kier alpha value is -2.33. The molecule has 0 spiro atoms. The van der Waals surface area contributed by atoms with E-state index in [-0.39, 0.29) is 16.7 Å². The lowest BCUT2D eigenvalue weighted by atomic mass is 10.2. The van der Waals surface area contributed by atoms with Crippen LogP contribution in [0.5, 0.6) is 5.75 Å². The number of phenolic OH excluding ortho intramolecular Hbond substituents is 1. The van der Waals surface area contributed by atoms with E-state index in [1.807, 2.05) is 6.07 Å². The molecule has 0 aliphatic rings. The van der Waals surface area contributed by atoms with Gasteiger partial charge in [-0.05, 0) is 24.3 Å². The van der Waals surface area contributed by atoms with E-state index >= 15 is 0 Å². The topological polar surface area (TPSA) is 61.7 Å². The number of rotatable bonds is 3. The van der Waals surface area contributed by atoms with E-state index in [1.54, 1.807) is 42.5 Å². The minimum absolute atomic E-state index is 0.0677. The van der Waals surface area contributed by atoms with E-state index < -0.39 is 0 Å². The Balaban J connectivity index is 2.05. The van der Waals surface area contributed by atoms with Crippen molar-refractivity contribution >= 4 is 23.7 Å². The number of benzene rings is 2. The molecule has 0 fully saturated rings. The number of para-hydroxylation sites is 1. The molecule has 5 heteroatoms. The number of halogens is 1. The number of phenols is 1. The summed E-state index contributed by atoms with van der Waals surface area (Å²) < 4.78 is 0. The zero-order valence-corrected chi connectivity index (χ0v) is 10.6. The number of amides is 1. The number of carbonyl (C=O) groups is 1. The summed E-state index contributed by atoms with van der Waals surface area (Å²) in [6, 6.07) is 13.6. The lowest BCUT2D eigenvalue weighted by Crippen LogP contribution is -2.17.